The lowest BCUT2D eigenvalue weighted by Crippen LogP contribution is -2.47. The molecule has 0 saturated carbocycles. The van der Waals surface area contributed by atoms with Gasteiger partial charge in [-0.1, -0.05) is 12.1 Å². The van der Waals surface area contributed by atoms with Crippen molar-refractivity contribution >= 4 is 34.6 Å². The molecule has 2 aromatic rings. The fraction of sp³-hybridized carbons (Fsp3) is 0.500. The van der Waals surface area contributed by atoms with Crippen molar-refractivity contribution in [1.82, 2.24) is 18.9 Å². The summed E-state index contributed by atoms with van der Waals surface area (Å²) in [5.41, 5.74) is 1.62. The first-order valence-electron chi connectivity index (χ1n) is 8.72. The molecule has 1 aromatic carbocycles. The number of benzene rings is 1. The van der Waals surface area contributed by atoms with Crippen LogP contribution in [0, 0.1) is 0 Å². The maximum atomic E-state index is 12.7. The van der Waals surface area contributed by atoms with E-state index < -0.39 is 6.04 Å². The van der Waals surface area contributed by atoms with Crippen LogP contribution in [0.15, 0.2) is 29.1 Å². The maximum Gasteiger partial charge on any atom is 0.329 e. The Labute approximate surface area is 156 Å². The van der Waals surface area contributed by atoms with E-state index in [9.17, 15) is 14.4 Å². The highest BCUT2D eigenvalue weighted by molar-refractivity contribution is 7.99. The van der Waals surface area contributed by atoms with E-state index in [0.717, 1.165) is 11.0 Å². The summed E-state index contributed by atoms with van der Waals surface area (Å²) in [4.78, 5) is 40.8. The van der Waals surface area contributed by atoms with E-state index in [0.29, 0.717) is 24.7 Å². The minimum atomic E-state index is -0.406. The zero-order valence-electron chi connectivity index (χ0n) is 15.3. The Balaban J connectivity index is 1.78. The molecule has 140 valence electrons. The number of hydrogen-bond acceptors (Lipinski definition) is 4. The SMILES string of the molecule is CCn1c(=O)n(CCC(=O)N2CSC[C@H]2C(=O)N(C)C)c2ccccc21. The average Bonchev–Trinajstić information content (AvgIpc) is 3.21. The predicted octanol–water partition coefficient (Wildman–Crippen LogP) is 1.20. The third-order valence-corrected chi connectivity index (χ3v) is 5.73. The van der Waals surface area contributed by atoms with Gasteiger partial charge in [0, 0.05) is 39.4 Å². The molecule has 0 radical (unpaired) electrons. The van der Waals surface area contributed by atoms with E-state index in [2.05, 4.69) is 0 Å². The minimum absolute atomic E-state index is 0.0527. The topological polar surface area (TPSA) is 67.5 Å². The summed E-state index contributed by atoms with van der Waals surface area (Å²) in [6.07, 6.45) is 0.204. The van der Waals surface area contributed by atoms with Gasteiger partial charge in [0.25, 0.3) is 0 Å². The number of aromatic nitrogens is 2. The number of imidazole rings is 1. The van der Waals surface area contributed by atoms with Crippen LogP contribution in [0.4, 0.5) is 0 Å². The van der Waals surface area contributed by atoms with Gasteiger partial charge in [-0.25, -0.2) is 4.79 Å². The molecule has 2 amide bonds. The normalized spacial score (nSPS) is 17.0. The molecule has 26 heavy (non-hydrogen) atoms. The second-order valence-electron chi connectivity index (χ2n) is 6.53. The highest BCUT2D eigenvalue weighted by Gasteiger charge is 2.35. The second-order valence-corrected chi connectivity index (χ2v) is 7.53. The van der Waals surface area contributed by atoms with Gasteiger partial charge in [-0.2, -0.15) is 0 Å². The lowest BCUT2D eigenvalue weighted by atomic mass is 10.2. The van der Waals surface area contributed by atoms with E-state index in [1.54, 1.807) is 39.9 Å². The summed E-state index contributed by atoms with van der Waals surface area (Å²) >= 11 is 1.58. The number of fused-ring (bicyclic) bond motifs is 1. The molecule has 0 N–H and O–H groups in total. The fourth-order valence-electron chi connectivity index (χ4n) is 3.34. The van der Waals surface area contributed by atoms with Gasteiger partial charge in [0.2, 0.25) is 11.8 Å². The van der Waals surface area contributed by atoms with E-state index >= 15 is 0 Å². The number of nitrogens with zero attached hydrogens (tertiary/aromatic N) is 4. The average molecular weight is 376 g/mol. The maximum absolute atomic E-state index is 12.7. The molecular formula is C18H24N4O3S. The molecule has 1 aliphatic heterocycles. The van der Waals surface area contributed by atoms with Crippen LogP contribution in [0.25, 0.3) is 11.0 Å². The summed E-state index contributed by atoms with van der Waals surface area (Å²) in [5, 5.41) is 0. The van der Waals surface area contributed by atoms with Crippen LogP contribution in [-0.4, -0.2) is 62.5 Å². The van der Waals surface area contributed by atoms with Crippen molar-refractivity contribution in [3.05, 3.63) is 34.7 Å². The molecule has 7 nitrogen and oxygen atoms in total. The van der Waals surface area contributed by atoms with Gasteiger partial charge in [0.05, 0.1) is 16.9 Å². The Morgan fingerprint density at radius 1 is 1.19 bits per heavy atom. The molecule has 3 rings (SSSR count). The number of hydrogen-bond donors (Lipinski definition) is 0. The lowest BCUT2D eigenvalue weighted by Gasteiger charge is -2.25. The number of thioether (sulfide) groups is 1. The van der Waals surface area contributed by atoms with Gasteiger partial charge in [-0.05, 0) is 19.1 Å². The van der Waals surface area contributed by atoms with E-state index in [1.807, 2.05) is 31.2 Å². The van der Waals surface area contributed by atoms with Gasteiger partial charge in [-0.3, -0.25) is 18.7 Å². The highest BCUT2D eigenvalue weighted by Crippen LogP contribution is 2.23. The van der Waals surface area contributed by atoms with Crippen molar-refractivity contribution in [3.8, 4) is 0 Å². The number of rotatable bonds is 5. The number of amides is 2. The van der Waals surface area contributed by atoms with Crippen LogP contribution in [0.3, 0.4) is 0 Å². The van der Waals surface area contributed by atoms with Crippen molar-refractivity contribution in [2.24, 2.45) is 0 Å². The first kappa shape index (κ1) is 18.6. The summed E-state index contributed by atoms with van der Waals surface area (Å²) in [6.45, 7) is 2.83. The molecule has 0 spiro atoms. The highest BCUT2D eigenvalue weighted by atomic mass is 32.2. The zero-order valence-corrected chi connectivity index (χ0v) is 16.2. The first-order valence-corrected chi connectivity index (χ1v) is 9.87. The van der Waals surface area contributed by atoms with Gasteiger partial charge in [0.15, 0.2) is 0 Å². The molecule has 1 aliphatic rings. The summed E-state index contributed by atoms with van der Waals surface area (Å²) in [5.74, 6) is 1.01. The monoisotopic (exact) mass is 376 g/mol. The smallest absolute Gasteiger partial charge is 0.329 e. The number of carbonyl (C=O) groups is 2. The Bertz CT molecular complexity index is 886. The zero-order chi connectivity index (χ0) is 18.8. The molecule has 1 saturated heterocycles. The lowest BCUT2D eigenvalue weighted by molar-refractivity contribution is -0.142. The molecule has 0 aliphatic carbocycles. The first-order chi connectivity index (χ1) is 12.5. The number of aryl methyl sites for hydroxylation is 2. The summed E-state index contributed by atoms with van der Waals surface area (Å²) < 4.78 is 3.37. The van der Waals surface area contributed by atoms with Crippen LogP contribution < -0.4 is 5.69 Å². The van der Waals surface area contributed by atoms with Crippen molar-refractivity contribution in [2.45, 2.75) is 32.5 Å². The van der Waals surface area contributed by atoms with Crippen LogP contribution in [-0.2, 0) is 22.7 Å². The van der Waals surface area contributed by atoms with Crippen LogP contribution in [0.5, 0.6) is 0 Å². The molecule has 1 fully saturated rings. The quantitative estimate of drug-likeness (QED) is 0.787. The van der Waals surface area contributed by atoms with Gasteiger partial charge in [0.1, 0.15) is 6.04 Å². The number of carbonyl (C=O) groups excluding carboxylic acids is 2. The molecule has 8 heteroatoms. The van der Waals surface area contributed by atoms with Crippen LogP contribution in [0.2, 0.25) is 0 Å². The Morgan fingerprint density at radius 3 is 2.46 bits per heavy atom. The Morgan fingerprint density at radius 2 is 1.85 bits per heavy atom. The predicted molar refractivity (Wildman–Crippen MR) is 103 cm³/mol. The largest absolute Gasteiger partial charge is 0.347 e. The minimum Gasteiger partial charge on any atom is -0.347 e. The van der Waals surface area contributed by atoms with Crippen molar-refractivity contribution < 1.29 is 9.59 Å². The second kappa shape index (κ2) is 7.57. The fourth-order valence-corrected chi connectivity index (χ4v) is 4.51. The van der Waals surface area contributed by atoms with E-state index in [-0.39, 0.29) is 23.9 Å². The van der Waals surface area contributed by atoms with Crippen LogP contribution in [0.1, 0.15) is 13.3 Å². The van der Waals surface area contributed by atoms with Crippen molar-refractivity contribution in [2.75, 3.05) is 25.7 Å². The Kier molecular flexibility index (Phi) is 5.41. The van der Waals surface area contributed by atoms with Gasteiger partial charge < -0.3 is 9.80 Å². The van der Waals surface area contributed by atoms with Crippen LogP contribution >= 0.6 is 11.8 Å². The number of para-hydroxylation sites is 2. The molecular weight excluding hydrogens is 352 g/mol. The molecule has 1 atom stereocenters. The van der Waals surface area contributed by atoms with Crippen molar-refractivity contribution in [3.63, 3.8) is 0 Å². The standard InChI is InChI=1S/C18H24N4O3S/c1-4-20-13-7-5-6-8-14(13)21(18(20)25)10-9-16(23)22-12-26-11-15(22)17(24)19(2)3/h5-8,15H,4,9-12H2,1-3H3/t15-/m0/s1. The molecule has 1 aromatic heterocycles. The van der Waals surface area contributed by atoms with E-state index in [1.165, 1.54) is 4.90 Å². The van der Waals surface area contributed by atoms with Crippen molar-refractivity contribution in [1.29, 1.82) is 0 Å². The summed E-state index contributed by atoms with van der Waals surface area (Å²) in [6, 6.07) is 7.21. The summed E-state index contributed by atoms with van der Waals surface area (Å²) in [7, 11) is 3.40. The van der Waals surface area contributed by atoms with E-state index in [4.69, 9.17) is 0 Å². The number of likely N-dealkylation sites (N-methyl/N-ethyl adjacent to an activating group) is 1. The molecule has 0 unspecified atom stereocenters. The third-order valence-electron chi connectivity index (χ3n) is 4.72. The molecule has 2 heterocycles. The van der Waals surface area contributed by atoms with Gasteiger partial charge in [-0.15, -0.1) is 11.8 Å². The Hall–Kier alpha value is -2.22. The van der Waals surface area contributed by atoms with Gasteiger partial charge >= 0.3 is 5.69 Å². The molecule has 0 bridgehead atoms. The third kappa shape index (κ3) is 3.25.